The highest BCUT2D eigenvalue weighted by Crippen LogP contribution is 2.31. The lowest BCUT2D eigenvalue weighted by Gasteiger charge is -2.28. The second kappa shape index (κ2) is 10.9. The monoisotopic (exact) mass is 501 g/mol. The lowest BCUT2D eigenvalue weighted by atomic mass is 10.00. The molecule has 9 heteroatoms. The molecule has 8 nitrogen and oxygen atoms in total. The van der Waals surface area contributed by atoms with Gasteiger partial charge in [-0.05, 0) is 65.6 Å². The summed E-state index contributed by atoms with van der Waals surface area (Å²) in [6.45, 7) is 11.7. The van der Waals surface area contributed by atoms with Crippen LogP contribution in [0.3, 0.4) is 0 Å². The van der Waals surface area contributed by atoms with E-state index in [9.17, 15) is 14.4 Å². The number of nitrogens with two attached hydrogens (primary N) is 1. The van der Waals surface area contributed by atoms with Gasteiger partial charge in [-0.15, -0.1) is 11.3 Å². The Hall–Kier alpha value is -2.75. The SMILES string of the molecule is CCOC(=O)c1sc2c(c1C)c(=O)n(C(C)(C)CCN)c(=O)n2C[C@@H](OC(C)C)c1ccccc1. The highest BCUT2D eigenvalue weighted by molar-refractivity contribution is 7.20. The summed E-state index contributed by atoms with van der Waals surface area (Å²) in [6.07, 6.45) is -0.0908. The van der Waals surface area contributed by atoms with E-state index in [2.05, 4.69) is 0 Å². The van der Waals surface area contributed by atoms with Crippen LogP contribution in [0.4, 0.5) is 0 Å². The topological polar surface area (TPSA) is 106 Å². The molecule has 2 aromatic heterocycles. The fourth-order valence-corrected chi connectivity index (χ4v) is 5.48. The van der Waals surface area contributed by atoms with Gasteiger partial charge in [0.1, 0.15) is 15.8 Å². The molecule has 1 atom stereocenters. The molecule has 0 spiro atoms. The van der Waals surface area contributed by atoms with Gasteiger partial charge in [-0.1, -0.05) is 30.3 Å². The van der Waals surface area contributed by atoms with Crippen LogP contribution in [0.5, 0.6) is 0 Å². The standard InChI is InChI=1S/C26H35N3O5S/c1-7-33-24(31)21-17(4)20-22(30)29(26(5,6)13-14-27)25(32)28(23(20)35-21)15-19(34-16(2)3)18-11-9-8-10-12-18/h8-12,16,19H,7,13-15,27H2,1-6H3/t19-/m1/s1. The van der Waals surface area contributed by atoms with E-state index in [-0.39, 0.29) is 19.3 Å². The zero-order valence-electron chi connectivity index (χ0n) is 21.3. The van der Waals surface area contributed by atoms with E-state index in [1.165, 1.54) is 4.57 Å². The van der Waals surface area contributed by atoms with Crippen molar-refractivity contribution in [2.24, 2.45) is 5.73 Å². The minimum absolute atomic E-state index is 0.0915. The molecule has 2 N–H and O–H groups in total. The number of carbonyl (C=O) groups is 1. The van der Waals surface area contributed by atoms with Crippen LogP contribution in [0.25, 0.3) is 10.2 Å². The zero-order valence-corrected chi connectivity index (χ0v) is 22.1. The van der Waals surface area contributed by atoms with E-state index < -0.39 is 28.9 Å². The molecule has 0 aliphatic carbocycles. The highest BCUT2D eigenvalue weighted by Gasteiger charge is 2.31. The highest BCUT2D eigenvalue weighted by atomic mass is 32.1. The van der Waals surface area contributed by atoms with E-state index in [0.717, 1.165) is 16.9 Å². The normalized spacial score (nSPS) is 12.9. The molecule has 0 fully saturated rings. The van der Waals surface area contributed by atoms with Crippen molar-refractivity contribution in [1.29, 1.82) is 0 Å². The molecule has 3 aromatic rings. The first kappa shape index (κ1) is 26.8. The molecule has 0 aliphatic rings. The third kappa shape index (κ3) is 5.42. The predicted molar refractivity (Wildman–Crippen MR) is 139 cm³/mol. The van der Waals surface area contributed by atoms with Crippen molar-refractivity contribution in [2.75, 3.05) is 13.2 Å². The molecular weight excluding hydrogens is 466 g/mol. The molecule has 3 rings (SSSR count). The van der Waals surface area contributed by atoms with Crippen molar-refractivity contribution in [3.05, 3.63) is 67.2 Å². The van der Waals surface area contributed by atoms with Gasteiger partial charge in [-0.3, -0.25) is 13.9 Å². The molecular formula is C26H35N3O5S. The molecule has 35 heavy (non-hydrogen) atoms. The first-order valence-electron chi connectivity index (χ1n) is 11.9. The minimum Gasteiger partial charge on any atom is -0.462 e. The van der Waals surface area contributed by atoms with Crippen LogP contribution in [-0.4, -0.2) is 34.4 Å². The summed E-state index contributed by atoms with van der Waals surface area (Å²) in [7, 11) is 0. The van der Waals surface area contributed by atoms with Gasteiger partial charge in [0.15, 0.2) is 0 Å². The zero-order chi connectivity index (χ0) is 25.9. The van der Waals surface area contributed by atoms with Gasteiger partial charge in [0, 0.05) is 5.54 Å². The molecule has 0 unspecified atom stereocenters. The number of esters is 1. The van der Waals surface area contributed by atoms with Crippen LogP contribution in [0.1, 0.15) is 67.9 Å². The molecule has 1 aromatic carbocycles. The van der Waals surface area contributed by atoms with Crippen molar-refractivity contribution in [3.8, 4) is 0 Å². The summed E-state index contributed by atoms with van der Waals surface area (Å²) >= 11 is 1.11. The van der Waals surface area contributed by atoms with Crippen molar-refractivity contribution >= 4 is 27.5 Å². The van der Waals surface area contributed by atoms with Gasteiger partial charge in [-0.2, -0.15) is 0 Å². The second-order valence-corrected chi connectivity index (χ2v) is 10.4. The minimum atomic E-state index is -0.821. The van der Waals surface area contributed by atoms with Gasteiger partial charge < -0.3 is 15.2 Å². The number of hydrogen-bond acceptors (Lipinski definition) is 7. The largest absolute Gasteiger partial charge is 0.462 e. The van der Waals surface area contributed by atoms with Crippen LogP contribution in [0, 0.1) is 6.92 Å². The predicted octanol–water partition coefficient (Wildman–Crippen LogP) is 3.96. The summed E-state index contributed by atoms with van der Waals surface area (Å²) in [5.74, 6) is -0.504. The molecule has 0 saturated heterocycles. The van der Waals surface area contributed by atoms with Gasteiger partial charge in [0.05, 0.1) is 24.6 Å². The van der Waals surface area contributed by atoms with Crippen LogP contribution in [0.2, 0.25) is 0 Å². The number of thiophene rings is 1. The Morgan fingerprint density at radius 3 is 2.40 bits per heavy atom. The first-order chi connectivity index (χ1) is 16.5. The lowest BCUT2D eigenvalue weighted by molar-refractivity contribution is -0.00359. The number of nitrogens with zero attached hydrogens (tertiary/aromatic N) is 2. The summed E-state index contributed by atoms with van der Waals surface area (Å²) in [6, 6.07) is 9.67. The summed E-state index contributed by atoms with van der Waals surface area (Å²) in [5, 5.41) is 0.346. The quantitative estimate of drug-likeness (QED) is 0.422. The fourth-order valence-electron chi connectivity index (χ4n) is 4.29. The molecule has 0 bridgehead atoms. The Bertz CT molecular complexity index is 1300. The number of hydrogen-bond donors (Lipinski definition) is 1. The maximum absolute atomic E-state index is 13.9. The van der Waals surface area contributed by atoms with E-state index in [1.807, 2.05) is 58.0 Å². The molecule has 0 amide bonds. The number of rotatable bonds is 10. The van der Waals surface area contributed by atoms with E-state index in [0.29, 0.717) is 33.6 Å². The third-order valence-corrected chi connectivity index (χ3v) is 7.29. The number of aryl methyl sites for hydroxylation is 1. The average molecular weight is 502 g/mol. The first-order valence-corrected chi connectivity index (χ1v) is 12.7. The maximum atomic E-state index is 13.9. The van der Waals surface area contributed by atoms with Crippen LogP contribution in [-0.2, 0) is 21.6 Å². The molecule has 0 aliphatic heterocycles. The molecule has 0 saturated carbocycles. The number of ether oxygens (including phenoxy) is 2. The van der Waals surface area contributed by atoms with Gasteiger partial charge in [0.2, 0.25) is 0 Å². The fraction of sp³-hybridized carbons (Fsp3) is 0.500. The van der Waals surface area contributed by atoms with Gasteiger partial charge >= 0.3 is 11.7 Å². The summed E-state index contributed by atoms with van der Waals surface area (Å²) < 4.78 is 14.3. The van der Waals surface area contributed by atoms with Crippen molar-refractivity contribution < 1.29 is 14.3 Å². The Labute approximate surface area is 209 Å². The van der Waals surface area contributed by atoms with Crippen LogP contribution < -0.4 is 17.0 Å². The van der Waals surface area contributed by atoms with Crippen molar-refractivity contribution in [1.82, 2.24) is 9.13 Å². The van der Waals surface area contributed by atoms with E-state index >= 15 is 0 Å². The van der Waals surface area contributed by atoms with E-state index in [1.54, 1.807) is 18.4 Å². The molecule has 190 valence electrons. The third-order valence-electron chi connectivity index (χ3n) is 5.99. The number of benzene rings is 1. The van der Waals surface area contributed by atoms with Gasteiger partial charge in [-0.25, -0.2) is 9.59 Å². The van der Waals surface area contributed by atoms with Gasteiger partial charge in [0.25, 0.3) is 5.56 Å². The average Bonchev–Trinajstić information content (AvgIpc) is 3.13. The van der Waals surface area contributed by atoms with Crippen LogP contribution in [0.15, 0.2) is 39.9 Å². The van der Waals surface area contributed by atoms with Crippen molar-refractivity contribution in [3.63, 3.8) is 0 Å². The molecule has 0 radical (unpaired) electrons. The Morgan fingerprint density at radius 2 is 1.83 bits per heavy atom. The summed E-state index contributed by atoms with van der Waals surface area (Å²) in [4.78, 5) is 41.0. The molecule has 2 heterocycles. The Balaban J connectivity index is 2.35. The Kier molecular flexibility index (Phi) is 8.35. The van der Waals surface area contributed by atoms with Crippen molar-refractivity contribution in [2.45, 2.75) is 72.3 Å². The maximum Gasteiger partial charge on any atom is 0.348 e. The van der Waals surface area contributed by atoms with E-state index in [4.69, 9.17) is 15.2 Å². The lowest BCUT2D eigenvalue weighted by Crippen LogP contribution is -2.50. The second-order valence-electron chi connectivity index (χ2n) is 9.43. The number of fused-ring (bicyclic) bond motifs is 1. The smallest absolute Gasteiger partial charge is 0.348 e. The number of carbonyl (C=O) groups excluding carboxylic acids is 1. The van der Waals surface area contributed by atoms with Crippen LogP contribution >= 0.6 is 11.3 Å². The number of aromatic nitrogens is 2. The summed E-state index contributed by atoms with van der Waals surface area (Å²) in [5.41, 5.74) is 5.55. The Morgan fingerprint density at radius 1 is 1.17 bits per heavy atom.